The molecule has 0 fully saturated rings. The molecule has 0 saturated heterocycles. The Bertz CT molecular complexity index is 1070. The molecule has 190 valence electrons. The first-order valence-electron chi connectivity index (χ1n) is 12.0. The minimum atomic E-state index is -0.585. The van der Waals surface area contributed by atoms with E-state index >= 15 is 0 Å². The molecule has 35 heavy (non-hydrogen) atoms. The van der Waals surface area contributed by atoms with Crippen LogP contribution in [0, 0.1) is 6.92 Å². The van der Waals surface area contributed by atoms with E-state index < -0.39 is 6.10 Å². The second kappa shape index (κ2) is 12.9. The molecule has 1 heterocycles. The molecule has 0 spiro atoms. The van der Waals surface area contributed by atoms with E-state index in [2.05, 4.69) is 11.8 Å². The Hall–Kier alpha value is -2.58. The third-order valence-corrected chi connectivity index (χ3v) is 5.71. The number of benzene rings is 2. The molecule has 1 N–H and O–H groups in total. The third-order valence-electron chi connectivity index (χ3n) is 5.48. The second-order valence-electron chi connectivity index (χ2n) is 8.81. The van der Waals surface area contributed by atoms with Crippen LogP contribution in [-0.2, 0) is 11.3 Å². The summed E-state index contributed by atoms with van der Waals surface area (Å²) >= 11 is 6.28. The number of ether oxygens (including phenoxy) is 3. The number of aryl methyl sites for hydroxylation is 1. The zero-order valence-electron chi connectivity index (χ0n) is 21.2. The lowest BCUT2D eigenvalue weighted by atomic mass is 10.2. The van der Waals surface area contributed by atoms with Crippen molar-refractivity contribution in [3.8, 4) is 23.1 Å². The van der Waals surface area contributed by atoms with E-state index in [0.717, 1.165) is 35.7 Å². The second-order valence-corrected chi connectivity index (χ2v) is 9.25. The molecule has 3 rings (SSSR count). The fourth-order valence-electron chi connectivity index (χ4n) is 3.79. The Morgan fingerprint density at radius 1 is 1.11 bits per heavy atom. The van der Waals surface area contributed by atoms with Gasteiger partial charge in [-0.2, -0.15) is 5.10 Å². The number of hydrogen-bond donors (Lipinski definition) is 1. The number of halogens is 1. The molecular weight excluding hydrogens is 466 g/mol. The Labute approximate surface area is 213 Å². The predicted molar refractivity (Wildman–Crippen MR) is 139 cm³/mol. The quantitative estimate of drug-likeness (QED) is 0.327. The van der Waals surface area contributed by atoms with Crippen LogP contribution in [-0.4, -0.2) is 58.8 Å². The topological polar surface area (TPSA) is 69.0 Å². The molecular formula is C27H36ClN3O4. The highest BCUT2D eigenvalue weighted by Gasteiger charge is 2.23. The van der Waals surface area contributed by atoms with Crippen LogP contribution in [0.25, 0.3) is 5.69 Å². The normalized spacial score (nSPS) is 12.4. The van der Waals surface area contributed by atoms with Gasteiger partial charge in [0.05, 0.1) is 42.9 Å². The van der Waals surface area contributed by atoms with Crippen LogP contribution in [0.4, 0.5) is 0 Å². The lowest BCUT2D eigenvalue weighted by molar-refractivity contribution is -0.00957. The molecule has 7 nitrogen and oxygen atoms in total. The number of nitrogens with zero attached hydrogens (tertiary/aromatic N) is 3. The Morgan fingerprint density at radius 2 is 1.83 bits per heavy atom. The van der Waals surface area contributed by atoms with Gasteiger partial charge in [0.2, 0.25) is 5.88 Å². The maximum absolute atomic E-state index is 10.6. The van der Waals surface area contributed by atoms with Crippen molar-refractivity contribution in [1.82, 2.24) is 14.7 Å². The minimum absolute atomic E-state index is 0.0759. The van der Waals surface area contributed by atoms with Crippen LogP contribution in [0.3, 0.4) is 0 Å². The molecule has 0 amide bonds. The molecule has 0 aliphatic carbocycles. The molecule has 3 aromatic rings. The van der Waals surface area contributed by atoms with Gasteiger partial charge in [0.25, 0.3) is 0 Å². The summed E-state index contributed by atoms with van der Waals surface area (Å²) in [5.41, 5.74) is 2.61. The van der Waals surface area contributed by atoms with Crippen molar-refractivity contribution in [3.63, 3.8) is 0 Å². The molecule has 1 atom stereocenters. The molecule has 0 saturated carbocycles. The van der Waals surface area contributed by atoms with Gasteiger partial charge in [-0.15, -0.1) is 0 Å². The molecule has 1 aromatic heterocycles. The van der Waals surface area contributed by atoms with E-state index in [4.69, 9.17) is 30.9 Å². The van der Waals surface area contributed by atoms with Crippen molar-refractivity contribution in [2.24, 2.45) is 0 Å². The largest absolute Gasteiger partial charge is 0.497 e. The van der Waals surface area contributed by atoms with Gasteiger partial charge in [-0.3, -0.25) is 4.90 Å². The van der Waals surface area contributed by atoms with Gasteiger partial charge < -0.3 is 19.3 Å². The predicted octanol–water partition coefficient (Wildman–Crippen LogP) is 5.63. The summed E-state index contributed by atoms with van der Waals surface area (Å²) in [7, 11) is 1.63. The third kappa shape index (κ3) is 7.70. The Morgan fingerprint density at radius 3 is 2.46 bits per heavy atom. The first-order valence-corrected chi connectivity index (χ1v) is 12.4. The maximum Gasteiger partial charge on any atom is 0.227 e. The molecule has 0 aliphatic heterocycles. The average Bonchev–Trinajstić information content (AvgIpc) is 3.13. The van der Waals surface area contributed by atoms with Crippen molar-refractivity contribution in [1.29, 1.82) is 0 Å². The van der Waals surface area contributed by atoms with Crippen LogP contribution >= 0.6 is 11.6 Å². The number of methoxy groups -OCH3 is 1. The molecule has 2 aromatic carbocycles. The Kier molecular flexibility index (Phi) is 9.98. The minimum Gasteiger partial charge on any atom is -0.497 e. The van der Waals surface area contributed by atoms with Crippen LogP contribution < -0.4 is 9.47 Å². The summed E-state index contributed by atoms with van der Waals surface area (Å²) in [5.74, 6) is 2.04. The molecule has 8 heteroatoms. The van der Waals surface area contributed by atoms with Gasteiger partial charge in [-0.25, -0.2) is 4.68 Å². The highest BCUT2D eigenvalue weighted by molar-refractivity contribution is 6.30. The van der Waals surface area contributed by atoms with Gasteiger partial charge in [-0.1, -0.05) is 24.6 Å². The monoisotopic (exact) mass is 501 g/mol. The van der Waals surface area contributed by atoms with Gasteiger partial charge in [0.1, 0.15) is 11.5 Å². The molecule has 0 aliphatic rings. The smallest absolute Gasteiger partial charge is 0.227 e. The number of rotatable bonds is 13. The SMILES string of the molecule is CCCN(Cc1c(C)nn(-c2cccc(Cl)c2)c1Oc1ccc(OC)cc1)C[C@@H](O)COC(C)C. The number of aliphatic hydroxyl groups excluding tert-OH is 1. The summed E-state index contributed by atoms with van der Waals surface area (Å²) in [6.07, 6.45) is 0.443. The van der Waals surface area contributed by atoms with Crippen molar-refractivity contribution in [3.05, 3.63) is 64.8 Å². The summed E-state index contributed by atoms with van der Waals surface area (Å²) < 4.78 is 19.1. The van der Waals surface area contributed by atoms with Gasteiger partial charge in [0, 0.05) is 18.1 Å². The summed E-state index contributed by atoms with van der Waals surface area (Å²) in [6.45, 7) is 10.2. The van der Waals surface area contributed by atoms with Crippen LogP contribution in [0.5, 0.6) is 17.4 Å². The Balaban J connectivity index is 1.95. The summed E-state index contributed by atoms with van der Waals surface area (Å²) in [6, 6.07) is 15.0. The standard InChI is InChI=1S/C27H36ClN3O4/c1-6-14-30(16-23(32)18-34-19(2)3)17-26-20(4)29-31(22-9-7-8-21(28)15-22)27(26)35-25-12-10-24(33-5)11-13-25/h7-13,15,19,23,32H,6,14,16-18H2,1-5H3/t23-/m1/s1. The maximum atomic E-state index is 10.6. The lowest BCUT2D eigenvalue weighted by Crippen LogP contribution is -2.35. The van der Waals surface area contributed by atoms with E-state index in [1.54, 1.807) is 11.8 Å². The van der Waals surface area contributed by atoms with Gasteiger partial charge >= 0.3 is 0 Å². The first-order chi connectivity index (χ1) is 16.8. The fraction of sp³-hybridized carbons (Fsp3) is 0.444. The van der Waals surface area contributed by atoms with Crippen molar-refractivity contribution >= 4 is 11.6 Å². The number of aromatic nitrogens is 2. The number of hydrogen-bond acceptors (Lipinski definition) is 6. The first kappa shape index (κ1) is 27.0. The van der Waals surface area contributed by atoms with E-state index in [9.17, 15) is 5.11 Å². The van der Waals surface area contributed by atoms with Crippen molar-refractivity contribution < 1.29 is 19.3 Å². The highest BCUT2D eigenvalue weighted by atomic mass is 35.5. The number of aliphatic hydroxyl groups is 1. The zero-order chi connectivity index (χ0) is 25.4. The van der Waals surface area contributed by atoms with E-state index in [1.165, 1.54) is 0 Å². The van der Waals surface area contributed by atoms with Gasteiger partial charge in [0.15, 0.2) is 0 Å². The molecule has 0 radical (unpaired) electrons. The average molecular weight is 502 g/mol. The van der Waals surface area contributed by atoms with Crippen LogP contribution in [0.15, 0.2) is 48.5 Å². The van der Waals surface area contributed by atoms with Crippen LogP contribution in [0.2, 0.25) is 5.02 Å². The van der Waals surface area contributed by atoms with E-state index in [0.29, 0.717) is 36.3 Å². The van der Waals surface area contributed by atoms with Crippen molar-refractivity contribution in [2.75, 3.05) is 26.8 Å². The van der Waals surface area contributed by atoms with E-state index in [1.807, 2.05) is 69.3 Å². The summed E-state index contributed by atoms with van der Waals surface area (Å²) in [4.78, 5) is 2.21. The van der Waals surface area contributed by atoms with Crippen LogP contribution in [0.1, 0.15) is 38.4 Å². The lowest BCUT2D eigenvalue weighted by Gasteiger charge is -2.25. The zero-order valence-corrected chi connectivity index (χ0v) is 22.0. The molecule has 0 unspecified atom stereocenters. The van der Waals surface area contributed by atoms with E-state index in [-0.39, 0.29) is 6.10 Å². The summed E-state index contributed by atoms with van der Waals surface area (Å²) in [5, 5.41) is 16.0. The molecule has 0 bridgehead atoms. The van der Waals surface area contributed by atoms with Gasteiger partial charge in [-0.05, 0) is 76.2 Å². The van der Waals surface area contributed by atoms with Crippen molar-refractivity contribution in [2.45, 2.75) is 52.9 Å². The highest BCUT2D eigenvalue weighted by Crippen LogP contribution is 2.33. The fourth-order valence-corrected chi connectivity index (χ4v) is 3.98.